The molecule has 2 aromatic heterocycles. The summed E-state index contributed by atoms with van der Waals surface area (Å²) in [6, 6.07) is 9.71. The average molecular weight is 527 g/mol. The van der Waals surface area contributed by atoms with Crippen LogP contribution in [-0.2, 0) is 6.42 Å². The Labute approximate surface area is 219 Å². The first-order valence-electron chi connectivity index (χ1n) is 12.4. The lowest BCUT2D eigenvalue weighted by Crippen LogP contribution is -2.47. The van der Waals surface area contributed by atoms with Gasteiger partial charge in [0.2, 0.25) is 0 Å². The van der Waals surface area contributed by atoms with Gasteiger partial charge in [0.1, 0.15) is 0 Å². The molecule has 1 aliphatic carbocycles. The molecular formula is C27H29ClF2N6O. The zero-order valence-corrected chi connectivity index (χ0v) is 21.3. The van der Waals surface area contributed by atoms with Crippen LogP contribution in [-0.4, -0.2) is 45.1 Å². The Morgan fingerprint density at radius 2 is 2.00 bits per heavy atom. The first-order valence-corrected chi connectivity index (χ1v) is 12.8. The number of H-pyrrole nitrogens is 1. The lowest BCUT2D eigenvalue weighted by molar-refractivity contribution is 0.0614. The highest BCUT2D eigenvalue weighted by Gasteiger charge is 2.41. The number of carbonyl (C=O) groups excluding carboxylic acids is 1. The summed E-state index contributed by atoms with van der Waals surface area (Å²) in [5.74, 6) is -0.972. The van der Waals surface area contributed by atoms with E-state index in [9.17, 15) is 13.6 Å². The van der Waals surface area contributed by atoms with Crippen molar-refractivity contribution in [2.75, 3.05) is 18.4 Å². The zero-order valence-electron chi connectivity index (χ0n) is 20.6. The second-order valence-corrected chi connectivity index (χ2v) is 10.3. The van der Waals surface area contributed by atoms with Crippen molar-refractivity contribution in [1.82, 2.24) is 25.4 Å². The van der Waals surface area contributed by atoms with E-state index in [2.05, 4.69) is 32.4 Å². The van der Waals surface area contributed by atoms with Gasteiger partial charge in [0.25, 0.3) is 5.91 Å². The smallest absolute Gasteiger partial charge is 0.256 e. The molecule has 1 saturated heterocycles. The van der Waals surface area contributed by atoms with Gasteiger partial charge in [-0.15, -0.1) is 0 Å². The Hall–Kier alpha value is -3.46. The zero-order chi connectivity index (χ0) is 26.2. The quantitative estimate of drug-likeness (QED) is 0.360. The number of aromatic nitrogens is 3. The van der Waals surface area contributed by atoms with E-state index in [0.29, 0.717) is 49.9 Å². The van der Waals surface area contributed by atoms with Crippen molar-refractivity contribution in [3.05, 3.63) is 82.3 Å². The molecule has 194 valence electrons. The van der Waals surface area contributed by atoms with Crippen LogP contribution in [0.1, 0.15) is 47.4 Å². The number of aryl methyl sites for hydroxylation is 1. The van der Waals surface area contributed by atoms with Crippen LogP contribution in [0, 0.1) is 24.0 Å². The third-order valence-electron chi connectivity index (χ3n) is 7.16. The van der Waals surface area contributed by atoms with Crippen LogP contribution in [0.5, 0.6) is 0 Å². The van der Waals surface area contributed by atoms with Crippen LogP contribution in [0.25, 0.3) is 0 Å². The lowest BCUT2D eigenvalue weighted by atomic mass is 9.72. The second kappa shape index (κ2) is 10.1. The van der Waals surface area contributed by atoms with Gasteiger partial charge >= 0.3 is 0 Å². The van der Waals surface area contributed by atoms with Crippen LogP contribution >= 0.6 is 11.6 Å². The molecule has 0 spiro atoms. The van der Waals surface area contributed by atoms with Crippen molar-refractivity contribution in [3.63, 3.8) is 0 Å². The summed E-state index contributed by atoms with van der Waals surface area (Å²) in [5, 5.41) is 13.3. The molecule has 1 amide bonds. The molecule has 3 heterocycles. The second-order valence-electron chi connectivity index (χ2n) is 9.94. The van der Waals surface area contributed by atoms with Gasteiger partial charge in [-0.1, -0.05) is 24.2 Å². The lowest BCUT2D eigenvalue weighted by Gasteiger charge is -2.43. The summed E-state index contributed by atoms with van der Waals surface area (Å²) in [6.45, 7) is 7.08. The summed E-state index contributed by atoms with van der Waals surface area (Å²) < 4.78 is 29.1. The molecular weight excluding hydrogens is 498 g/mol. The van der Waals surface area contributed by atoms with E-state index in [1.165, 1.54) is 18.2 Å². The number of likely N-dealkylation sites (tertiary alicyclic amines) is 1. The molecule has 3 aromatic rings. The number of nitrogens with one attached hydrogen (secondary N) is 3. The molecule has 0 unspecified atom stereocenters. The van der Waals surface area contributed by atoms with Gasteiger partial charge in [-0.2, -0.15) is 5.10 Å². The van der Waals surface area contributed by atoms with Gasteiger partial charge in [0.15, 0.2) is 23.3 Å². The van der Waals surface area contributed by atoms with Gasteiger partial charge in [-0.25, -0.2) is 13.8 Å². The first kappa shape index (κ1) is 25.2. The Bertz CT molecular complexity index is 1330. The third-order valence-corrected chi connectivity index (χ3v) is 7.45. The highest BCUT2D eigenvalue weighted by atomic mass is 35.5. The van der Waals surface area contributed by atoms with E-state index < -0.39 is 17.0 Å². The van der Waals surface area contributed by atoms with Crippen molar-refractivity contribution >= 4 is 29.1 Å². The highest BCUT2D eigenvalue weighted by Crippen LogP contribution is 2.42. The maximum Gasteiger partial charge on any atom is 0.256 e. The number of halogens is 3. The van der Waals surface area contributed by atoms with E-state index >= 15 is 0 Å². The van der Waals surface area contributed by atoms with Gasteiger partial charge in [-0.05, 0) is 56.9 Å². The van der Waals surface area contributed by atoms with Crippen molar-refractivity contribution in [1.29, 1.82) is 0 Å². The monoisotopic (exact) mass is 526 g/mol. The summed E-state index contributed by atoms with van der Waals surface area (Å²) in [4.78, 5) is 19.3. The number of nitrogens with zero attached hydrogens (tertiary/aromatic N) is 3. The average Bonchev–Trinajstić information content (AvgIpc) is 3.61. The molecule has 10 heteroatoms. The van der Waals surface area contributed by atoms with Crippen molar-refractivity contribution in [2.24, 2.45) is 5.41 Å². The number of carbonyl (C=O) groups is 1. The van der Waals surface area contributed by atoms with Gasteiger partial charge < -0.3 is 15.5 Å². The molecule has 2 fully saturated rings. The largest absolute Gasteiger partial charge is 0.386 e. The molecule has 3 N–H and O–H groups in total. The van der Waals surface area contributed by atoms with Crippen molar-refractivity contribution < 1.29 is 13.6 Å². The SMILES string of the molecule is C=C(NC1CC1)C1(Cc2ccc(F)c(Nc3cc(C)[nH]n3)n2)CCN(C(=O)c2cccc(Cl)c2F)CC1. The van der Waals surface area contributed by atoms with Crippen LogP contribution in [0.2, 0.25) is 5.02 Å². The van der Waals surface area contributed by atoms with E-state index in [1.807, 2.05) is 6.92 Å². The minimum Gasteiger partial charge on any atom is -0.386 e. The Kier molecular flexibility index (Phi) is 6.90. The van der Waals surface area contributed by atoms with E-state index in [-0.39, 0.29) is 22.3 Å². The molecule has 0 atom stereocenters. The molecule has 0 bridgehead atoms. The fourth-order valence-corrected chi connectivity index (χ4v) is 4.98. The summed E-state index contributed by atoms with van der Waals surface area (Å²) in [7, 11) is 0. The third kappa shape index (κ3) is 5.46. The number of pyridine rings is 1. The number of hydrogen-bond donors (Lipinski definition) is 3. The molecule has 2 aliphatic rings. The van der Waals surface area contributed by atoms with Crippen molar-refractivity contribution in [3.8, 4) is 0 Å². The molecule has 0 radical (unpaired) electrons. The fraction of sp³-hybridized carbons (Fsp3) is 0.370. The number of hydrogen-bond acceptors (Lipinski definition) is 5. The Morgan fingerprint density at radius 3 is 2.68 bits per heavy atom. The predicted octanol–water partition coefficient (Wildman–Crippen LogP) is 5.52. The molecule has 1 aromatic carbocycles. The minimum absolute atomic E-state index is 0.0283. The highest BCUT2D eigenvalue weighted by molar-refractivity contribution is 6.31. The van der Waals surface area contributed by atoms with Gasteiger partial charge in [-0.3, -0.25) is 9.89 Å². The number of rotatable bonds is 8. The Morgan fingerprint density at radius 1 is 1.24 bits per heavy atom. The van der Waals surface area contributed by atoms with Crippen molar-refractivity contribution in [2.45, 2.75) is 45.1 Å². The summed E-state index contributed by atoms with van der Waals surface area (Å²) in [5.41, 5.74) is 2.03. The van der Waals surface area contributed by atoms with E-state index in [0.717, 1.165) is 24.2 Å². The standard InChI is InChI=1S/C27H29ClF2N6O/c1-16-14-23(35-34-16)33-25-22(29)9-8-19(32-25)15-27(17(2)31-18-6-7-18)10-12-36(13-11-27)26(37)20-4-3-5-21(28)24(20)30/h3-5,8-9,14,18,31H,2,6-7,10-13,15H2,1H3,(H2,32,33,34,35). The van der Waals surface area contributed by atoms with E-state index in [1.54, 1.807) is 23.1 Å². The van der Waals surface area contributed by atoms with Gasteiger partial charge in [0, 0.05) is 54.1 Å². The fourth-order valence-electron chi connectivity index (χ4n) is 4.81. The normalized spacial score (nSPS) is 16.9. The van der Waals surface area contributed by atoms with Crippen LogP contribution in [0.3, 0.4) is 0 Å². The minimum atomic E-state index is -0.700. The number of piperidine rings is 1. The Balaban J connectivity index is 1.35. The summed E-state index contributed by atoms with van der Waals surface area (Å²) >= 11 is 5.89. The van der Waals surface area contributed by atoms with Crippen LogP contribution in [0.15, 0.2) is 48.7 Å². The van der Waals surface area contributed by atoms with E-state index in [4.69, 9.17) is 11.6 Å². The molecule has 7 nitrogen and oxygen atoms in total. The first-order chi connectivity index (χ1) is 17.7. The topological polar surface area (TPSA) is 85.9 Å². The maximum atomic E-state index is 14.6. The number of benzene rings is 1. The molecule has 1 saturated carbocycles. The molecule has 5 rings (SSSR count). The van der Waals surface area contributed by atoms with Crippen LogP contribution < -0.4 is 10.6 Å². The summed E-state index contributed by atoms with van der Waals surface area (Å²) in [6.07, 6.45) is 3.94. The number of amides is 1. The number of allylic oxidation sites excluding steroid dienone is 1. The van der Waals surface area contributed by atoms with Gasteiger partial charge in [0.05, 0.1) is 10.6 Å². The molecule has 37 heavy (non-hydrogen) atoms. The predicted molar refractivity (Wildman–Crippen MR) is 139 cm³/mol. The molecule has 1 aliphatic heterocycles. The number of anilines is 2. The van der Waals surface area contributed by atoms with Crippen LogP contribution in [0.4, 0.5) is 20.4 Å². The maximum absolute atomic E-state index is 14.6. The number of aromatic amines is 1.